The van der Waals surface area contributed by atoms with Gasteiger partial charge >= 0.3 is 5.97 Å². The number of carboxylic acids is 1. The molecule has 3 N–H and O–H groups in total. The number of hydrogen-bond acceptors (Lipinski definition) is 3. The van der Waals surface area contributed by atoms with Crippen molar-refractivity contribution in [2.45, 2.75) is 58.0 Å². The average Bonchev–Trinajstić information content (AvgIpc) is 2.76. The van der Waals surface area contributed by atoms with Crippen molar-refractivity contribution in [3.8, 4) is 0 Å². The fourth-order valence-electron chi connectivity index (χ4n) is 2.61. The molecule has 1 aliphatic rings. The molecule has 17 heavy (non-hydrogen) atoms. The molecule has 100 valence electrons. The van der Waals surface area contributed by atoms with Crippen LogP contribution in [0.3, 0.4) is 0 Å². The molecule has 0 saturated heterocycles. The molecule has 1 rings (SSSR count). The minimum absolute atomic E-state index is 0.212. The highest BCUT2D eigenvalue weighted by Gasteiger charge is 2.31. The number of nitrogens with zero attached hydrogens (tertiary/aromatic N) is 1. The molecule has 0 aromatic rings. The number of carboxylic acid groups (broad SMARTS) is 1. The maximum Gasteiger partial charge on any atom is 0.322 e. The molecule has 1 atom stereocenters. The molecule has 1 saturated carbocycles. The number of rotatable bonds is 7. The SMILES string of the molecule is CC(C)CCN(C1CCCC1)C(CN)C(=O)O. The van der Waals surface area contributed by atoms with Crippen LogP contribution in [0.2, 0.25) is 0 Å². The third-order valence-corrected chi connectivity index (χ3v) is 3.67. The Morgan fingerprint density at radius 2 is 2.00 bits per heavy atom. The van der Waals surface area contributed by atoms with Gasteiger partial charge in [0.2, 0.25) is 0 Å². The zero-order chi connectivity index (χ0) is 12.8. The van der Waals surface area contributed by atoms with E-state index in [1.807, 2.05) is 0 Å². The summed E-state index contributed by atoms with van der Waals surface area (Å²) in [5.74, 6) is -0.172. The molecule has 1 fully saturated rings. The largest absolute Gasteiger partial charge is 0.480 e. The highest BCUT2D eigenvalue weighted by atomic mass is 16.4. The molecule has 4 nitrogen and oxygen atoms in total. The predicted molar refractivity (Wildman–Crippen MR) is 68.9 cm³/mol. The summed E-state index contributed by atoms with van der Waals surface area (Å²) in [7, 11) is 0. The Balaban J connectivity index is 2.65. The van der Waals surface area contributed by atoms with Gasteiger partial charge in [0.1, 0.15) is 6.04 Å². The van der Waals surface area contributed by atoms with E-state index in [4.69, 9.17) is 5.73 Å². The molecule has 0 aromatic heterocycles. The second-order valence-electron chi connectivity index (χ2n) is 5.45. The lowest BCUT2D eigenvalue weighted by Crippen LogP contribution is -2.51. The zero-order valence-corrected chi connectivity index (χ0v) is 11.1. The summed E-state index contributed by atoms with van der Waals surface area (Å²) in [5.41, 5.74) is 5.63. The third-order valence-electron chi connectivity index (χ3n) is 3.67. The Labute approximate surface area is 104 Å². The van der Waals surface area contributed by atoms with E-state index in [2.05, 4.69) is 18.7 Å². The van der Waals surface area contributed by atoms with Crippen LogP contribution in [0.25, 0.3) is 0 Å². The molecule has 4 heteroatoms. The Hall–Kier alpha value is -0.610. The van der Waals surface area contributed by atoms with E-state index >= 15 is 0 Å². The molecule has 0 spiro atoms. The van der Waals surface area contributed by atoms with Gasteiger partial charge in [-0.3, -0.25) is 9.69 Å². The predicted octanol–water partition coefficient (Wildman–Crippen LogP) is 1.69. The quantitative estimate of drug-likeness (QED) is 0.713. The van der Waals surface area contributed by atoms with Crippen LogP contribution >= 0.6 is 0 Å². The van der Waals surface area contributed by atoms with E-state index in [1.165, 1.54) is 12.8 Å². The van der Waals surface area contributed by atoms with E-state index in [0.29, 0.717) is 12.0 Å². The van der Waals surface area contributed by atoms with Gasteiger partial charge < -0.3 is 10.8 Å². The Bertz CT molecular complexity index is 238. The lowest BCUT2D eigenvalue weighted by atomic mass is 10.1. The summed E-state index contributed by atoms with van der Waals surface area (Å²) in [5, 5.41) is 9.25. The van der Waals surface area contributed by atoms with Crippen LogP contribution in [0.15, 0.2) is 0 Å². The first-order chi connectivity index (χ1) is 8.06. The van der Waals surface area contributed by atoms with Crippen molar-refractivity contribution < 1.29 is 9.90 Å². The Morgan fingerprint density at radius 1 is 1.41 bits per heavy atom. The summed E-state index contributed by atoms with van der Waals surface area (Å²) in [6.07, 6.45) is 5.74. The molecule has 0 aromatic carbocycles. The second kappa shape index (κ2) is 6.97. The topological polar surface area (TPSA) is 66.6 Å². The van der Waals surface area contributed by atoms with Crippen LogP contribution in [0.5, 0.6) is 0 Å². The maximum absolute atomic E-state index is 11.3. The maximum atomic E-state index is 11.3. The first-order valence-corrected chi connectivity index (χ1v) is 6.74. The van der Waals surface area contributed by atoms with Crippen LogP contribution in [-0.2, 0) is 4.79 Å². The first kappa shape index (κ1) is 14.5. The van der Waals surface area contributed by atoms with E-state index < -0.39 is 12.0 Å². The van der Waals surface area contributed by atoms with Crippen molar-refractivity contribution in [1.29, 1.82) is 0 Å². The van der Waals surface area contributed by atoms with Gasteiger partial charge in [-0.05, 0) is 31.7 Å². The van der Waals surface area contributed by atoms with Gasteiger partial charge in [0.25, 0.3) is 0 Å². The lowest BCUT2D eigenvalue weighted by molar-refractivity contribution is -0.144. The standard InChI is InChI=1S/C13H26N2O2/c1-10(2)7-8-15(11-5-3-4-6-11)12(9-14)13(16)17/h10-12H,3-9,14H2,1-2H3,(H,16,17). The number of aliphatic carboxylic acids is 1. The highest BCUT2D eigenvalue weighted by Crippen LogP contribution is 2.25. The molecule has 0 aliphatic heterocycles. The number of carbonyl (C=O) groups is 1. The van der Waals surface area contributed by atoms with Gasteiger partial charge in [0.15, 0.2) is 0 Å². The van der Waals surface area contributed by atoms with Crippen molar-refractivity contribution in [3.05, 3.63) is 0 Å². The van der Waals surface area contributed by atoms with E-state index in [0.717, 1.165) is 25.8 Å². The normalized spacial score (nSPS) is 19.1. The fourth-order valence-corrected chi connectivity index (χ4v) is 2.61. The zero-order valence-electron chi connectivity index (χ0n) is 11.1. The summed E-state index contributed by atoms with van der Waals surface area (Å²) >= 11 is 0. The van der Waals surface area contributed by atoms with Crippen molar-refractivity contribution in [2.75, 3.05) is 13.1 Å². The molecule has 1 unspecified atom stereocenters. The monoisotopic (exact) mass is 242 g/mol. The van der Waals surface area contributed by atoms with Gasteiger partial charge in [0, 0.05) is 12.6 Å². The minimum Gasteiger partial charge on any atom is -0.480 e. The lowest BCUT2D eigenvalue weighted by Gasteiger charge is -2.34. The van der Waals surface area contributed by atoms with Crippen LogP contribution < -0.4 is 5.73 Å². The third kappa shape index (κ3) is 4.28. The molecule has 0 radical (unpaired) electrons. The molecule has 1 aliphatic carbocycles. The van der Waals surface area contributed by atoms with E-state index in [9.17, 15) is 9.90 Å². The van der Waals surface area contributed by atoms with Crippen molar-refractivity contribution in [1.82, 2.24) is 4.90 Å². The van der Waals surface area contributed by atoms with Crippen LogP contribution in [0.4, 0.5) is 0 Å². The minimum atomic E-state index is -0.775. The summed E-state index contributed by atoms with van der Waals surface area (Å²) < 4.78 is 0. The van der Waals surface area contributed by atoms with Crippen LogP contribution in [0.1, 0.15) is 46.0 Å². The van der Waals surface area contributed by atoms with Crippen molar-refractivity contribution in [2.24, 2.45) is 11.7 Å². The van der Waals surface area contributed by atoms with Gasteiger partial charge in [-0.15, -0.1) is 0 Å². The van der Waals surface area contributed by atoms with Crippen molar-refractivity contribution in [3.63, 3.8) is 0 Å². The molecule has 0 heterocycles. The molecule has 0 amide bonds. The van der Waals surface area contributed by atoms with E-state index in [1.54, 1.807) is 0 Å². The Kier molecular flexibility index (Phi) is 5.92. The summed E-state index contributed by atoms with van der Waals surface area (Å²) in [6, 6.07) is -0.0738. The number of hydrogen-bond donors (Lipinski definition) is 2. The highest BCUT2D eigenvalue weighted by molar-refractivity contribution is 5.73. The number of nitrogens with two attached hydrogens (primary N) is 1. The second-order valence-corrected chi connectivity index (χ2v) is 5.45. The summed E-state index contributed by atoms with van der Waals surface area (Å²) in [4.78, 5) is 13.4. The van der Waals surface area contributed by atoms with Crippen LogP contribution in [0, 0.1) is 5.92 Å². The van der Waals surface area contributed by atoms with Crippen LogP contribution in [-0.4, -0.2) is 41.1 Å². The molecule has 0 bridgehead atoms. The Morgan fingerprint density at radius 3 is 2.41 bits per heavy atom. The van der Waals surface area contributed by atoms with Gasteiger partial charge in [-0.2, -0.15) is 0 Å². The first-order valence-electron chi connectivity index (χ1n) is 6.74. The molecular formula is C13H26N2O2. The summed E-state index contributed by atoms with van der Waals surface area (Å²) in [6.45, 7) is 5.41. The molecular weight excluding hydrogens is 216 g/mol. The average molecular weight is 242 g/mol. The van der Waals surface area contributed by atoms with Gasteiger partial charge in [-0.25, -0.2) is 0 Å². The fraction of sp³-hybridized carbons (Fsp3) is 0.923. The smallest absolute Gasteiger partial charge is 0.322 e. The van der Waals surface area contributed by atoms with Crippen molar-refractivity contribution >= 4 is 5.97 Å². The van der Waals surface area contributed by atoms with Gasteiger partial charge in [0.05, 0.1) is 0 Å². The van der Waals surface area contributed by atoms with Gasteiger partial charge in [-0.1, -0.05) is 26.7 Å². The van der Waals surface area contributed by atoms with E-state index in [-0.39, 0.29) is 6.54 Å².